The van der Waals surface area contributed by atoms with Gasteiger partial charge in [0.1, 0.15) is 0 Å². The average molecular weight is 298 g/mol. The molecule has 0 radical (unpaired) electrons. The van der Waals surface area contributed by atoms with E-state index in [1.165, 1.54) is 7.11 Å². The van der Waals surface area contributed by atoms with E-state index in [9.17, 15) is 9.59 Å². The van der Waals surface area contributed by atoms with E-state index in [2.05, 4.69) is 10.1 Å². The summed E-state index contributed by atoms with van der Waals surface area (Å²) in [5.74, 6) is -0.556. The molecule has 5 nitrogen and oxygen atoms in total. The number of hydrogen-bond donors (Lipinski definition) is 2. The molecule has 0 bridgehead atoms. The molecule has 3 N–H and O–H groups in total. The van der Waals surface area contributed by atoms with Crippen molar-refractivity contribution in [3.63, 3.8) is 0 Å². The van der Waals surface area contributed by atoms with Crippen LogP contribution in [0.2, 0.25) is 0 Å². The first-order valence-electron chi connectivity index (χ1n) is 6.89. The molecular formula is C17H18N2O3. The van der Waals surface area contributed by atoms with Gasteiger partial charge in [-0.25, -0.2) is 4.79 Å². The molecule has 1 atom stereocenters. The van der Waals surface area contributed by atoms with Crippen LogP contribution in [0, 0.1) is 0 Å². The van der Waals surface area contributed by atoms with E-state index in [0.29, 0.717) is 6.42 Å². The van der Waals surface area contributed by atoms with Gasteiger partial charge >= 0.3 is 6.09 Å². The quantitative estimate of drug-likeness (QED) is 0.905. The van der Waals surface area contributed by atoms with Gasteiger partial charge in [0.25, 0.3) is 0 Å². The predicted octanol–water partition coefficient (Wildman–Crippen LogP) is 2.11. The van der Waals surface area contributed by atoms with Gasteiger partial charge < -0.3 is 10.5 Å². The van der Waals surface area contributed by atoms with Crippen molar-refractivity contribution in [3.8, 4) is 11.1 Å². The number of carbonyl (C=O) groups excluding carboxylic acids is 2. The monoisotopic (exact) mass is 298 g/mol. The van der Waals surface area contributed by atoms with Gasteiger partial charge in [-0.1, -0.05) is 54.6 Å². The first-order valence-corrected chi connectivity index (χ1v) is 6.89. The van der Waals surface area contributed by atoms with E-state index >= 15 is 0 Å². The Bertz CT molecular complexity index is 639. The third kappa shape index (κ3) is 4.17. The second-order valence-corrected chi connectivity index (χ2v) is 4.85. The molecule has 0 spiro atoms. The highest BCUT2D eigenvalue weighted by Gasteiger charge is 2.16. The molecule has 0 aromatic heterocycles. The molecule has 0 aliphatic heterocycles. The molecule has 0 saturated heterocycles. The van der Waals surface area contributed by atoms with E-state index in [-0.39, 0.29) is 0 Å². The molecule has 2 rings (SSSR count). The van der Waals surface area contributed by atoms with Crippen molar-refractivity contribution in [3.05, 3.63) is 60.2 Å². The van der Waals surface area contributed by atoms with Crippen molar-refractivity contribution in [1.82, 2.24) is 5.32 Å². The minimum absolute atomic E-state index is 0.345. The van der Waals surface area contributed by atoms with Crippen LogP contribution in [-0.4, -0.2) is 25.2 Å². The summed E-state index contributed by atoms with van der Waals surface area (Å²) >= 11 is 0. The fourth-order valence-corrected chi connectivity index (χ4v) is 2.05. The average Bonchev–Trinajstić information content (AvgIpc) is 2.56. The Morgan fingerprint density at radius 2 is 1.64 bits per heavy atom. The van der Waals surface area contributed by atoms with Crippen LogP contribution in [0.5, 0.6) is 0 Å². The van der Waals surface area contributed by atoms with Crippen molar-refractivity contribution < 1.29 is 14.3 Å². The minimum atomic E-state index is -0.806. The van der Waals surface area contributed by atoms with Gasteiger partial charge in [-0.3, -0.25) is 10.1 Å². The van der Waals surface area contributed by atoms with E-state index in [0.717, 1.165) is 16.7 Å². The molecule has 0 unspecified atom stereocenters. The van der Waals surface area contributed by atoms with Crippen LogP contribution >= 0.6 is 0 Å². The highest BCUT2D eigenvalue weighted by atomic mass is 16.5. The van der Waals surface area contributed by atoms with Crippen molar-refractivity contribution in [1.29, 1.82) is 0 Å². The summed E-state index contributed by atoms with van der Waals surface area (Å²) in [4.78, 5) is 22.6. The Morgan fingerprint density at radius 3 is 2.23 bits per heavy atom. The molecule has 5 heteroatoms. The van der Waals surface area contributed by atoms with Crippen LogP contribution in [0.15, 0.2) is 54.6 Å². The van der Waals surface area contributed by atoms with Crippen molar-refractivity contribution in [2.24, 2.45) is 5.73 Å². The number of ether oxygens (including phenoxy) is 1. The van der Waals surface area contributed by atoms with Gasteiger partial charge in [-0.15, -0.1) is 0 Å². The van der Waals surface area contributed by atoms with Crippen LogP contribution < -0.4 is 11.1 Å². The van der Waals surface area contributed by atoms with E-state index in [4.69, 9.17) is 5.73 Å². The molecule has 2 aromatic carbocycles. The summed E-state index contributed by atoms with van der Waals surface area (Å²) in [5.41, 5.74) is 8.93. The molecule has 0 aliphatic carbocycles. The molecule has 0 fully saturated rings. The first kappa shape index (κ1) is 15.7. The minimum Gasteiger partial charge on any atom is -0.453 e. The number of amides is 2. The zero-order valence-electron chi connectivity index (χ0n) is 12.3. The maximum Gasteiger partial charge on any atom is 0.413 e. The van der Waals surface area contributed by atoms with Crippen molar-refractivity contribution in [2.45, 2.75) is 12.5 Å². The lowest BCUT2D eigenvalue weighted by Crippen LogP contribution is -2.44. The SMILES string of the molecule is COC(=O)NC(=O)[C@@H](N)Cc1ccc(-c2ccccc2)cc1. The lowest BCUT2D eigenvalue weighted by molar-refractivity contribution is -0.121. The summed E-state index contributed by atoms with van der Waals surface area (Å²) in [7, 11) is 1.19. The molecule has 2 aromatic rings. The number of alkyl carbamates (subject to hydrolysis) is 1. The molecular weight excluding hydrogens is 280 g/mol. The topological polar surface area (TPSA) is 81.4 Å². The Labute approximate surface area is 129 Å². The number of nitrogens with two attached hydrogens (primary N) is 1. The summed E-state index contributed by atoms with van der Waals surface area (Å²) in [5, 5.41) is 2.06. The fourth-order valence-electron chi connectivity index (χ4n) is 2.05. The second-order valence-electron chi connectivity index (χ2n) is 4.85. The van der Waals surface area contributed by atoms with Crippen LogP contribution in [-0.2, 0) is 16.0 Å². The van der Waals surface area contributed by atoms with Crippen molar-refractivity contribution >= 4 is 12.0 Å². The van der Waals surface area contributed by atoms with E-state index in [1.807, 2.05) is 54.6 Å². The Hall–Kier alpha value is -2.66. The van der Waals surface area contributed by atoms with Crippen LogP contribution in [0.4, 0.5) is 4.79 Å². The summed E-state index contributed by atoms with van der Waals surface area (Å²) in [6.45, 7) is 0. The normalized spacial score (nSPS) is 11.5. The molecule has 114 valence electrons. The fraction of sp³-hybridized carbons (Fsp3) is 0.176. The standard InChI is InChI=1S/C17H18N2O3/c1-22-17(21)19-16(20)15(18)11-12-7-9-14(10-8-12)13-5-3-2-4-6-13/h2-10,15H,11,18H2,1H3,(H,19,20,21)/t15-/m0/s1. The Kier molecular flexibility index (Phi) is 5.27. The van der Waals surface area contributed by atoms with Crippen molar-refractivity contribution in [2.75, 3.05) is 7.11 Å². The zero-order chi connectivity index (χ0) is 15.9. The molecule has 22 heavy (non-hydrogen) atoms. The molecule has 0 saturated carbocycles. The van der Waals surface area contributed by atoms with Gasteiger partial charge in [0, 0.05) is 0 Å². The number of imide groups is 1. The summed E-state index contributed by atoms with van der Waals surface area (Å²) in [6, 6.07) is 17.0. The van der Waals surface area contributed by atoms with Gasteiger partial charge in [-0.2, -0.15) is 0 Å². The van der Waals surface area contributed by atoms with Crippen LogP contribution in [0.1, 0.15) is 5.56 Å². The smallest absolute Gasteiger partial charge is 0.413 e. The third-order valence-electron chi connectivity index (χ3n) is 3.26. The maximum atomic E-state index is 11.7. The molecule has 0 aliphatic rings. The number of nitrogens with one attached hydrogen (secondary N) is 1. The number of carbonyl (C=O) groups is 2. The highest BCUT2D eigenvalue weighted by molar-refractivity contribution is 5.94. The lowest BCUT2D eigenvalue weighted by Gasteiger charge is -2.11. The zero-order valence-corrected chi connectivity index (χ0v) is 12.3. The molecule has 2 amide bonds. The van der Waals surface area contributed by atoms with E-state index in [1.54, 1.807) is 0 Å². The third-order valence-corrected chi connectivity index (χ3v) is 3.26. The van der Waals surface area contributed by atoms with E-state index < -0.39 is 18.0 Å². The number of methoxy groups -OCH3 is 1. The van der Waals surface area contributed by atoms with Crippen LogP contribution in [0.3, 0.4) is 0 Å². The van der Waals surface area contributed by atoms with Crippen LogP contribution in [0.25, 0.3) is 11.1 Å². The Morgan fingerprint density at radius 1 is 1.05 bits per heavy atom. The largest absolute Gasteiger partial charge is 0.453 e. The Balaban J connectivity index is 1.99. The van der Waals surface area contributed by atoms with Gasteiger partial charge in [0.15, 0.2) is 0 Å². The maximum absolute atomic E-state index is 11.7. The number of rotatable bonds is 4. The van der Waals surface area contributed by atoms with Gasteiger partial charge in [0.05, 0.1) is 13.2 Å². The van der Waals surface area contributed by atoms with Gasteiger partial charge in [0.2, 0.25) is 5.91 Å². The molecule has 0 heterocycles. The first-order chi connectivity index (χ1) is 10.6. The predicted molar refractivity (Wildman–Crippen MR) is 84.1 cm³/mol. The summed E-state index contributed by atoms with van der Waals surface area (Å²) < 4.78 is 4.36. The summed E-state index contributed by atoms with van der Waals surface area (Å²) in [6.07, 6.45) is -0.461. The second kappa shape index (κ2) is 7.38. The van der Waals surface area contributed by atoms with Gasteiger partial charge in [-0.05, 0) is 23.1 Å². The lowest BCUT2D eigenvalue weighted by atomic mass is 10.0. The number of benzene rings is 2. The number of hydrogen-bond acceptors (Lipinski definition) is 4. The highest BCUT2D eigenvalue weighted by Crippen LogP contribution is 2.19.